The number of carbonyl (C=O) groups excluding carboxylic acids is 1. The first-order valence-corrected chi connectivity index (χ1v) is 9.94. The van der Waals surface area contributed by atoms with E-state index >= 15 is 0 Å². The number of rotatable bonds is 5. The van der Waals surface area contributed by atoms with Crippen LogP contribution in [0.4, 0.5) is 5.69 Å². The fraction of sp³-hybridized carbons (Fsp3) is 0.667. The first kappa shape index (κ1) is 18.1. The van der Waals surface area contributed by atoms with E-state index in [9.17, 15) is 4.79 Å². The predicted molar refractivity (Wildman–Crippen MR) is 102 cm³/mol. The van der Waals surface area contributed by atoms with E-state index in [-0.39, 0.29) is 12.5 Å². The largest absolute Gasteiger partial charge is 0.484 e. The number of piperidine rings is 1. The average Bonchev–Trinajstić information content (AvgIpc) is 2.62. The third kappa shape index (κ3) is 4.90. The summed E-state index contributed by atoms with van der Waals surface area (Å²) in [5.41, 5.74) is 1.14. The van der Waals surface area contributed by atoms with Crippen LogP contribution in [0.5, 0.6) is 5.75 Å². The van der Waals surface area contributed by atoms with Gasteiger partial charge in [0.25, 0.3) is 5.91 Å². The average molecular weight is 344 g/mol. The van der Waals surface area contributed by atoms with Crippen LogP contribution in [0, 0.1) is 0 Å². The molecule has 0 bridgehead atoms. The summed E-state index contributed by atoms with van der Waals surface area (Å²) in [4.78, 5) is 14.5. The third-order valence-electron chi connectivity index (χ3n) is 5.67. The fourth-order valence-corrected chi connectivity index (χ4v) is 4.26. The molecule has 4 nitrogen and oxygen atoms in total. The van der Waals surface area contributed by atoms with Crippen molar-refractivity contribution in [3.8, 4) is 5.75 Å². The van der Waals surface area contributed by atoms with Crippen LogP contribution in [0.25, 0.3) is 0 Å². The Bertz CT molecular complexity index is 542. The lowest BCUT2D eigenvalue weighted by Gasteiger charge is -2.38. The topological polar surface area (TPSA) is 41.6 Å². The van der Waals surface area contributed by atoms with Gasteiger partial charge in [0.2, 0.25) is 0 Å². The minimum atomic E-state index is 0.101. The molecule has 2 atom stereocenters. The molecular formula is C21H32N2O2. The normalized spacial score (nSPS) is 24.8. The predicted octanol–water partition coefficient (Wildman–Crippen LogP) is 4.60. The van der Waals surface area contributed by atoms with Crippen LogP contribution in [0.3, 0.4) is 0 Å². The lowest BCUT2D eigenvalue weighted by atomic mass is 9.95. The van der Waals surface area contributed by atoms with Crippen molar-refractivity contribution in [2.75, 3.05) is 11.9 Å². The zero-order chi connectivity index (χ0) is 17.6. The Kier molecular flexibility index (Phi) is 6.22. The van der Waals surface area contributed by atoms with Gasteiger partial charge in [0, 0.05) is 23.8 Å². The molecule has 1 aliphatic heterocycles. The number of anilines is 1. The van der Waals surface area contributed by atoms with E-state index in [0.717, 1.165) is 24.3 Å². The number of carbonyl (C=O) groups is 1. The highest BCUT2D eigenvalue weighted by Gasteiger charge is 2.28. The van der Waals surface area contributed by atoms with Crippen LogP contribution in [0.2, 0.25) is 0 Å². The van der Waals surface area contributed by atoms with E-state index < -0.39 is 0 Å². The first-order valence-electron chi connectivity index (χ1n) is 9.94. The maximum absolute atomic E-state index is 12.5. The fourth-order valence-electron chi connectivity index (χ4n) is 4.26. The van der Waals surface area contributed by atoms with Crippen LogP contribution < -0.4 is 10.1 Å². The summed E-state index contributed by atoms with van der Waals surface area (Å²) >= 11 is 0. The number of nitrogens with zero attached hydrogens (tertiary/aromatic N) is 1. The van der Waals surface area contributed by atoms with Crippen molar-refractivity contribution < 1.29 is 9.53 Å². The van der Waals surface area contributed by atoms with E-state index in [4.69, 9.17) is 4.74 Å². The van der Waals surface area contributed by atoms with Crippen molar-refractivity contribution in [1.82, 2.24) is 4.90 Å². The summed E-state index contributed by atoms with van der Waals surface area (Å²) < 4.78 is 5.74. The standard InChI is InChI=1S/C21H32N2O2/c1-16-7-6-8-17(2)23(16)21(24)15-25-20-13-11-19(12-14-20)22-18-9-4-3-5-10-18/h11-14,16-18,22H,3-10,15H2,1-2H3. The third-order valence-corrected chi connectivity index (χ3v) is 5.67. The number of nitrogens with one attached hydrogen (secondary N) is 1. The molecule has 1 aliphatic carbocycles. The molecule has 1 saturated heterocycles. The van der Waals surface area contributed by atoms with Crippen LogP contribution in [-0.4, -0.2) is 35.5 Å². The molecule has 1 saturated carbocycles. The Morgan fingerprint density at radius 2 is 1.64 bits per heavy atom. The number of likely N-dealkylation sites (tertiary alicyclic amines) is 1. The molecular weight excluding hydrogens is 312 g/mol. The van der Waals surface area contributed by atoms with E-state index in [2.05, 4.69) is 31.3 Å². The van der Waals surface area contributed by atoms with E-state index in [0.29, 0.717) is 18.1 Å². The molecule has 25 heavy (non-hydrogen) atoms. The quantitative estimate of drug-likeness (QED) is 0.849. The second kappa shape index (κ2) is 8.59. The Morgan fingerprint density at radius 3 is 2.28 bits per heavy atom. The minimum Gasteiger partial charge on any atom is -0.484 e. The molecule has 2 fully saturated rings. The van der Waals surface area contributed by atoms with Gasteiger partial charge >= 0.3 is 0 Å². The van der Waals surface area contributed by atoms with Crippen molar-refractivity contribution in [3.05, 3.63) is 24.3 Å². The molecule has 1 aromatic carbocycles. The second-order valence-corrected chi connectivity index (χ2v) is 7.72. The molecule has 4 heteroatoms. The van der Waals surface area contributed by atoms with Gasteiger partial charge in [-0.25, -0.2) is 0 Å². The first-order chi connectivity index (χ1) is 12.1. The van der Waals surface area contributed by atoms with Crippen molar-refractivity contribution in [3.63, 3.8) is 0 Å². The van der Waals surface area contributed by atoms with Gasteiger partial charge in [-0.1, -0.05) is 19.3 Å². The van der Waals surface area contributed by atoms with E-state index in [1.54, 1.807) is 0 Å². The second-order valence-electron chi connectivity index (χ2n) is 7.72. The highest BCUT2D eigenvalue weighted by atomic mass is 16.5. The molecule has 3 rings (SSSR count). The van der Waals surface area contributed by atoms with Gasteiger partial charge in [-0.2, -0.15) is 0 Å². The van der Waals surface area contributed by atoms with Gasteiger partial charge in [0.1, 0.15) is 5.75 Å². The summed E-state index contributed by atoms with van der Waals surface area (Å²) in [5.74, 6) is 0.865. The zero-order valence-electron chi connectivity index (χ0n) is 15.7. The van der Waals surface area contributed by atoms with Gasteiger partial charge in [-0.3, -0.25) is 4.79 Å². The lowest BCUT2D eigenvalue weighted by Crippen LogP contribution is -2.49. The van der Waals surface area contributed by atoms with Crippen LogP contribution >= 0.6 is 0 Å². The Labute approximate surface area is 151 Å². The van der Waals surface area contributed by atoms with Crippen molar-refractivity contribution >= 4 is 11.6 Å². The molecule has 0 aromatic heterocycles. The van der Waals surface area contributed by atoms with Crippen LogP contribution in [-0.2, 0) is 4.79 Å². The molecule has 1 N–H and O–H groups in total. The summed E-state index contributed by atoms with van der Waals surface area (Å²) in [6.45, 7) is 4.41. The maximum Gasteiger partial charge on any atom is 0.260 e. The lowest BCUT2D eigenvalue weighted by molar-refractivity contribution is -0.139. The van der Waals surface area contributed by atoms with Crippen molar-refractivity contribution in [1.29, 1.82) is 0 Å². The SMILES string of the molecule is CC1CCCC(C)N1C(=O)COc1ccc(NC2CCCCC2)cc1. The minimum absolute atomic E-state index is 0.101. The molecule has 0 spiro atoms. The van der Waals surface area contributed by atoms with E-state index in [1.165, 1.54) is 38.5 Å². The number of hydrogen-bond acceptors (Lipinski definition) is 3. The Hall–Kier alpha value is -1.71. The molecule has 0 radical (unpaired) electrons. The maximum atomic E-state index is 12.5. The van der Waals surface area contributed by atoms with Crippen LogP contribution in [0.15, 0.2) is 24.3 Å². The summed E-state index contributed by atoms with van der Waals surface area (Å²) in [5, 5.41) is 3.61. The smallest absolute Gasteiger partial charge is 0.260 e. The molecule has 2 aliphatic rings. The number of ether oxygens (including phenoxy) is 1. The van der Waals surface area contributed by atoms with Crippen molar-refractivity contribution in [2.24, 2.45) is 0 Å². The van der Waals surface area contributed by atoms with Crippen LogP contribution in [0.1, 0.15) is 65.2 Å². The van der Waals surface area contributed by atoms with Gasteiger partial charge < -0.3 is 15.0 Å². The van der Waals surface area contributed by atoms with E-state index in [1.807, 2.05) is 17.0 Å². The molecule has 1 heterocycles. The molecule has 2 unspecified atom stereocenters. The summed E-state index contributed by atoms with van der Waals surface area (Å²) in [6.07, 6.45) is 9.95. The summed E-state index contributed by atoms with van der Waals surface area (Å²) in [7, 11) is 0. The van der Waals surface area contributed by atoms with Gasteiger partial charge in [-0.15, -0.1) is 0 Å². The summed E-state index contributed by atoms with van der Waals surface area (Å²) in [6, 6.07) is 9.28. The molecule has 138 valence electrons. The highest BCUT2D eigenvalue weighted by Crippen LogP contribution is 2.24. The monoisotopic (exact) mass is 344 g/mol. The number of benzene rings is 1. The van der Waals surface area contributed by atoms with Crippen molar-refractivity contribution in [2.45, 2.75) is 83.3 Å². The zero-order valence-corrected chi connectivity index (χ0v) is 15.7. The Morgan fingerprint density at radius 1 is 1.00 bits per heavy atom. The Balaban J connectivity index is 1.48. The number of hydrogen-bond donors (Lipinski definition) is 1. The molecule has 1 aromatic rings. The molecule has 1 amide bonds. The van der Waals surface area contributed by atoms with Gasteiger partial charge in [0.15, 0.2) is 6.61 Å². The number of amides is 1. The van der Waals surface area contributed by atoms with Gasteiger partial charge in [-0.05, 0) is 70.2 Å². The van der Waals surface area contributed by atoms with Gasteiger partial charge in [0.05, 0.1) is 0 Å². The highest BCUT2D eigenvalue weighted by molar-refractivity contribution is 5.78.